The molecule has 0 fully saturated rings. The number of hydrogen-bond acceptors (Lipinski definition) is 4. The highest BCUT2D eigenvalue weighted by Crippen LogP contribution is 2.17. The van der Waals surface area contributed by atoms with Crippen LogP contribution in [0.5, 0.6) is 0 Å². The Kier molecular flexibility index (Phi) is 4.95. The zero-order valence-electron chi connectivity index (χ0n) is 11.3. The zero-order valence-corrected chi connectivity index (χ0v) is 11.3. The molecule has 0 saturated carbocycles. The molecule has 1 aromatic rings. The fourth-order valence-corrected chi connectivity index (χ4v) is 1.30. The van der Waals surface area contributed by atoms with Crippen molar-refractivity contribution in [2.75, 3.05) is 23.7 Å². The van der Waals surface area contributed by atoms with Crippen LogP contribution < -0.4 is 16.4 Å². The lowest BCUT2D eigenvalue weighted by atomic mass is 9.93. The summed E-state index contributed by atoms with van der Waals surface area (Å²) in [6.07, 6.45) is 2.78. The smallest absolute Gasteiger partial charge is 0.224 e. The summed E-state index contributed by atoms with van der Waals surface area (Å²) in [6.45, 7) is 7.13. The number of hydrogen-bond donors (Lipinski definition) is 3. The van der Waals surface area contributed by atoms with Crippen molar-refractivity contribution in [2.45, 2.75) is 27.2 Å². The van der Waals surface area contributed by atoms with Crippen molar-refractivity contribution in [1.29, 1.82) is 0 Å². The molecule has 100 valence electrons. The molecule has 0 aromatic carbocycles. The Bertz CT molecular complexity index is 404. The minimum atomic E-state index is -0.569. The lowest BCUT2D eigenvalue weighted by molar-refractivity contribution is -0.125. The first-order valence-electron chi connectivity index (χ1n) is 6.19. The third-order valence-corrected chi connectivity index (χ3v) is 2.72. The van der Waals surface area contributed by atoms with Crippen molar-refractivity contribution in [1.82, 2.24) is 4.98 Å². The summed E-state index contributed by atoms with van der Waals surface area (Å²) in [4.78, 5) is 15.4. The molecular formula is C13H22N4O. The van der Waals surface area contributed by atoms with E-state index in [9.17, 15) is 4.79 Å². The number of nitrogens with zero attached hydrogens (tertiary/aromatic N) is 1. The van der Waals surface area contributed by atoms with E-state index in [1.54, 1.807) is 6.20 Å². The predicted octanol–water partition coefficient (Wildman–Crippen LogP) is 1.83. The van der Waals surface area contributed by atoms with E-state index in [0.29, 0.717) is 6.54 Å². The Hall–Kier alpha value is -1.78. The quantitative estimate of drug-likeness (QED) is 0.689. The maximum atomic E-state index is 11.2. The van der Waals surface area contributed by atoms with E-state index in [1.165, 1.54) is 0 Å². The van der Waals surface area contributed by atoms with Crippen molar-refractivity contribution < 1.29 is 4.79 Å². The molecule has 0 unspecified atom stereocenters. The van der Waals surface area contributed by atoms with Crippen molar-refractivity contribution in [3.63, 3.8) is 0 Å². The fourth-order valence-electron chi connectivity index (χ4n) is 1.30. The third kappa shape index (κ3) is 4.24. The fraction of sp³-hybridized carbons (Fsp3) is 0.538. The summed E-state index contributed by atoms with van der Waals surface area (Å²) in [7, 11) is 0. The molecule has 0 saturated heterocycles. The van der Waals surface area contributed by atoms with Crippen LogP contribution in [0.2, 0.25) is 0 Å². The molecule has 1 amide bonds. The maximum absolute atomic E-state index is 11.2. The molecule has 0 bridgehead atoms. The maximum Gasteiger partial charge on any atom is 0.224 e. The van der Waals surface area contributed by atoms with E-state index in [-0.39, 0.29) is 5.91 Å². The predicted molar refractivity (Wildman–Crippen MR) is 74.5 cm³/mol. The Labute approximate surface area is 108 Å². The minimum Gasteiger partial charge on any atom is -0.384 e. The van der Waals surface area contributed by atoms with Gasteiger partial charge in [0.25, 0.3) is 0 Å². The van der Waals surface area contributed by atoms with Crippen LogP contribution >= 0.6 is 0 Å². The SMILES string of the molecule is CCCNc1cc(NCC(C)(C)C(N)=O)ccn1. The molecule has 4 N–H and O–H groups in total. The van der Waals surface area contributed by atoms with Gasteiger partial charge in [0, 0.05) is 31.0 Å². The molecule has 0 aliphatic carbocycles. The molecule has 0 aliphatic rings. The van der Waals surface area contributed by atoms with Gasteiger partial charge in [-0.2, -0.15) is 0 Å². The number of aromatic nitrogens is 1. The monoisotopic (exact) mass is 250 g/mol. The molecule has 1 heterocycles. The number of primary amides is 1. The summed E-state index contributed by atoms with van der Waals surface area (Å²) >= 11 is 0. The van der Waals surface area contributed by atoms with Crippen LogP contribution in [0.25, 0.3) is 0 Å². The average Bonchev–Trinajstić information content (AvgIpc) is 2.34. The number of nitrogens with one attached hydrogen (secondary N) is 2. The van der Waals surface area contributed by atoms with Crippen LogP contribution in [-0.4, -0.2) is 24.0 Å². The highest BCUT2D eigenvalue weighted by Gasteiger charge is 2.24. The van der Waals surface area contributed by atoms with Crippen LogP contribution in [0.1, 0.15) is 27.2 Å². The topological polar surface area (TPSA) is 80.0 Å². The Morgan fingerprint density at radius 3 is 2.78 bits per heavy atom. The van der Waals surface area contributed by atoms with Gasteiger partial charge in [-0.1, -0.05) is 6.92 Å². The van der Waals surface area contributed by atoms with Crippen molar-refractivity contribution >= 4 is 17.4 Å². The zero-order chi connectivity index (χ0) is 13.6. The number of pyridine rings is 1. The van der Waals surface area contributed by atoms with Gasteiger partial charge in [-0.05, 0) is 26.3 Å². The number of anilines is 2. The van der Waals surface area contributed by atoms with E-state index in [4.69, 9.17) is 5.73 Å². The number of carbonyl (C=O) groups excluding carboxylic acids is 1. The lowest BCUT2D eigenvalue weighted by Crippen LogP contribution is -2.37. The van der Waals surface area contributed by atoms with E-state index in [1.807, 2.05) is 26.0 Å². The minimum absolute atomic E-state index is 0.312. The standard InChI is InChI=1S/C13H22N4O/c1-4-6-15-11-8-10(5-7-16-11)17-9-13(2,3)12(14)18/h5,7-8H,4,6,9H2,1-3H3,(H2,14,18)(H2,15,16,17). The Morgan fingerprint density at radius 1 is 1.44 bits per heavy atom. The first-order valence-corrected chi connectivity index (χ1v) is 6.19. The van der Waals surface area contributed by atoms with Crippen LogP contribution in [0, 0.1) is 5.41 Å². The highest BCUT2D eigenvalue weighted by atomic mass is 16.1. The van der Waals surface area contributed by atoms with Gasteiger partial charge in [-0.3, -0.25) is 4.79 Å². The molecule has 0 aliphatic heterocycles. The third-order valence-electron chi connectivity index (χ3n) is 2.72. The van der Waals surface area contributed by atoms with Crippen molar-refractivity contribution in [3.05, 3.63) is 18.3 Å². The number of rotatable bonds is 7. The highest BCUT2D eigenvalue weighted by molar-refractivity contribution is 5.80. The van der Waals surface area contributed by atoms with E-state index in [0.717, 1.165) is 24.5 Å². The van der Waals surface area contributed by atoms with Crippen LogP contribution in [0.15, 0.2) is 18.3 Å². The van der Waals surface area contributed by atoms with Gasteiger partial charge in [-0.15, -0.1) is 0 Å². The normalized spacial score (nSPS) is 11.1. The van der Waals surface area contributed by atoms with E-state index in [2.05, 4.69) is 22.5 Å². The van der Waals surface area contributed by atoms with Crippen molar-refractivity contribution in [3.8, 4) is 0 Å². The number of nitrogens with two attached hydrogens (primary N) is 1. The largest absolute Gasteiger partial charge is 0.384 e. The molecule has 0 atom stereocenters. The van der Waals surface area contributed by atoms with Crippen LogP contribution in [0.3, 0.4) is 0 Å². The molecule has 1 rings (SSSR count). The van der Waals surface area contributed by atoms with Gasteiger partial charge < -0.3 is 16.4 Å². The van der Waals surface area contributed by atoms with E-state index < -0.39 is 5.41 Å². The van der Waals surface area contributed by atoms with Crippen molar-refractivity contribution in [2.24, 2.45) is 11.1 Å². The second kappa shape index (κ2) is 6.23. The molecule has 5 nitrogen and oxygen atoms in total. The first kappa shape index (κ1) is 14.3. The second-order valence-electron chi connectivity index (χ2n) is 4.96. The molecule has 18 heavy (non-hydrogen) atoms. The first-order chi connectivity index (χ1) is 8.45. The van der Waals surface area contributed by atoms with Gasteiger partial charge in [-0.25, -0.2) is 4.98 Å². The van der Waals surface area contributed by atoms with Gasteiger partial charge in [0.2, 0.25) is 5.91 Å². The van der Waals surface area contributed by atoms with Crippen LogP contribution in [0.4, 0.5) is 11.5 Å². The molecular weight excluding hydrogens is 228 g/mol. The lowest BCUT2D eigenvalue weighted by Gasteiger charge is -2.21. The van der Waals surface area contributed by atoms with Gasteiger partial charge in [0.05, 0.1) is 5.41 Å². The summed E-state index contributed by atoms with van der Waals surface area (Å²) in [5, 5.41) is 6.41. The Morgan fingerprint density at radius 2 is 2.17 bits per heavy atom. The summed E-state index contributed by atoms with van der Waals surface area (Å²) in [6, 6.07) is 3.79. The van der Waals surface area contributed by atoms with Gasteiger partial charge in [0.15, 0.2) is 0 Å². The molecule has 5 heteroatoms. The summed E-state index contributed by atoms with van der Waals surface area (Å²) in [5.74, 6) is 0.520. The molecule has 1 aromatic heterocycles. The summed E-state index contributed by atoms with van der Waals surface area (Å²) in [5.41, 5.74) is 5.69. The average molecular weight is 250 g/mol. The summed E-state index contributed by atoms with van der Waals surface area (Å²) < 4.78 is 0. The van der Waals surface area contributed by atoms with Gasteiger partial charge >= 0.3 is 0 Å². The Balaban J connectivity index is 2.60. The molecule has 0 spiro atoms. The number of carbonyl (C=O) groups is 1. The van der Waals surface area contributed by atoms with Crippen LogP contribution in [-0.2, 0) is 4.79 Å². The molecule has 0 radical (unpaired) electrons. The van der Waals surface area contributed by atoms with Gasteiger partial charge in [0.1, 0.15) is 5.82 Å². The second-order valence-corrected chi connectivity index (χ2v) is 4.96. The number of amides is 1. The van der Waals surface area contributed by atoms with E-state index >= 15 is 0 Å².